The SMILES string of the molecule is CC(=O)O[C@H]1CC[C@]2(C)[C@@H]3CC[C@]4(C)C(=O)CC[C@@H]4[C@H]3C[C@H]3O[C@@]32C1. The van der Waals surface area contributed by atoms with Crippen molar-refractivity contribution in [1.29, 1.82) is 0 Å². The number of epoxide rings is 1. The molecule has 25 heavy (non-hydrogen) atoms. The highest BCUT2D eigenvalue weighted by Crippen LogP contribution is 2.73. The zero-order chi connectivity index (χ0) is 17.6. The minimum Gasteiger partial charge on any atom is -0.462 e. The van der Waals surface area contributed by atoms with Crippen LogP contribution in [0.1, 0.15) is 72.1 Å². The molecule has 0 aromatic rings. The van der Waals surface area contributed by atoms with Gasteiger partial charge in [-0.25, -0.2) is 0 Å². The second-order valence-electron chi connectivity index (χ2n) is 9.92. The van der Waals surface area contributed by atoms with Crippen LogP contribution in [0.3, 0.4) is 0 Å². The standard InChI is InChI=1S/C21H30O4/c1-12(22)24-13-6-9-20(3)16-7-8-19(2)15(4-5-17(19)23)14(16)10-18-21(20,11-13)25-18/h13-16,18H,4-11H2,1-3H3/t13-,14+,15+,16+,18+,19-,20+,21-/m0/s1. The molecule has 4 heteroatoms. The van der Waals surface area contributed by atoms with E-state index in [1.165, 1.54) is 6.92 Å². The maximum atomic E-state index is 12.5. The van der Waals surface area contributed by atoms with E-state index in [1.807, 2.05) is 0 Å². The van der Waals surface area contributed by atoms with Gasteiger partial charge < -0.3 is 9.47 Å². The van der Waals surface area contributed by atoms with Gasteiger partial charge >= 0.3 is 5.97 Å². The van der Waals surface area contributed by atoms with E-state index in [1.54, 1.807) is 0 Å². The summed E-state index contributed by atoms with van der Waals surface area (Å²) in [5.74, 6) is 2.19. The molecule has 0 radical (unpaired) electrons. The number of carbonyl (C=O) groups excluding carboxylic acids is 2. The Kier molecular flexibility index (Phi) is 3.18. The first-order valence-electron chi connectivity index (χ1n) is 10.2. The molecular formula is C21H30O4. The van der Waals surface area contributed by atoms with E-state index < -0.39 is 0 Å². The molecule has 4 nitrogen and oxygen atoms in total. The molecule has 0 unspecified atom stereocenters. The van der Waals surface area contributed by atoms with Gasteiger partial charge in [0.25, 0.3) is 0 Å². The molecule has 8 atom stereocenters. The number of esters is 1. The van der Waals surface area contributed by atoms with E-state index in [9.17, 15) is 9.59 Å². The maximum Gasteiger partial charge on any atom is 0.302 e. The molecule has 5 fully saturated rings. The summed E-state index contributed by atoms with van der Waals surface area (Å²) in [6, 6.07) is 0. The second-order valence-corrected chi connectivity index (χ2v) is 9.92. The van der Waals surface area contributed by atoms with Crippen molar-refractivity contribution in [3.8, 4) is 0 Å². The summed E-state index contributed by atoms with van der Waals surface area (Å²) < 4.78 is 12.0. The Morgan fingerprint density at radius 3 is 2.72 bits per heavy atom. The average molecular weight is 346 g/mol. The number of hydrogen-bond donors (Lipinski definition) is 0. The Morgan fingerprint density at radius 2 is 1.96 bits per heavy atom. The lowest BCUT2D eigenvalue weighted by molar-refractivity contribution is -0.157. The molecule has 0 aromatic heterocycles. The van der Waals surface area contributed by atoms with Crippen LogP contribution in [-0.2, 0) is 19.1 Å². The van der Waals surface area contributed by atoms with Crippen LogP contribution in [-0.4, -0.2) is 29.6 Å². The molecule has 0 N–H and O–H groups in total. The van der Waals surface area contributed by atoms with E-state index in [4.69, 9.17) is 9.47 Å². The molecule has 0 aromatic carbocycles. The van der Waals surface area contributed by atoms with Crippen LogP contribution in [0.2, 0.25) is 0 Å². The van der Waals surface area contributed by atoms with E-state index in [0.717, 1.165) is 51.4 Å². The van der Waals surface area contributed by atoms with Gasteiger partial charge in [0.05, 0.1) is 6.10 Å². The molecule has 0 amide bonds. The van der Waals surface area contributed by atoms with Gasteiger partial charge in [0.15, 0.2) is 0 Å². The summed E-state index contributed by atoms with van der Waals surface area (Å²) in [6.07, 6.45) is 8.45. The van der Waals surface area contributed by atoms with E-state index in [2.05, 4.69) is 13.8 Å². The third-order valence-electron chi connectivity index (χ3n) is 9.08. The topological polar surface area (TPSA) is 55.9 Å². The molecule has 5 aliphatic rings. The quantitative estimate of drug-likeness (QED) is 0.537. The van der Waals surface area contributed by atoms with Gasteiger partial charge in [-0.2, -0.15) is 0 Å². The molecule has 4 saturated carbocycles. The molecule has 5 rings (SSSR count). The van der Waals surface area contributed by atoms with Gasteiger partial charge in [-0.1, -0.05) is 13.8 Å². The minimum atomic E-state index is -0.172. The number of ether oxygens (including phenoxy) is 2. The monoisotopic (exact) mass is 346 g/mol. The summed E-state index contributed by atoms with van der Waals surface area (Å²) in [5.41, 5.74) is 0.0500. The Balaban J connectivity index is 1.44. The highest BCUT2D eigenvalue weighted by molar-refractivity contribution is 5.87. The third kappa shape index (κ3) is 1.92. The van der Waals surface area contributed by atoms with Crippen LogP contribution in [0.25, 0.3) is 0 Å². The molecule has 4 aliphatic carbocycles. The molecular weight excluding hydrogens is 316 g/mol. The summed E-state index contributed by atoms with van der Waals surface area (Å²) >= 11 is 0. The Labute approximate surface area is 150 Å². The normalized spacial score (nSPS) is 56.3. The summed E-state index contributed by atoms with van der Waals surface area (Å²) in [4.78, 5) is 23.9. The highest BCUT2D eigenvalue weighted by Gasteiger charge is 2.76. The van der Waals surface area contributed by atoms with Crippen LogP contribution >= 0.6 is 0 Å². The second kappa shape index (κ2) is 4.88. The van der Waals surface area contributed by atoms with Gasteiger partial charge in [-0.15, -0.1) is 0 Å². The predicted molar refractivity (Wildman–Crippen MR) is 91.8 cm³/mol. The Hall–Kier alpha value is -0.900. The lowest BCUT2D eigenvalue weighted by Gasteiger charge is -2.58. The number of ketones is 1. The van der Waals surface area contributed by atoms with Crippen molar-refractivity contribution >= 4 is 11.8 Å². The number of fused-ring (bicyclic) bond motifs is 4. The van der Waals surface area contributed by atoms with E-state index in [0.29, 0.717) is 29.6 Å². The summed E-state index contributed by atoms with van der Waals surface area (Å²) in [7, 11) is 0. The number of carbonyl (C=O) groups is 2. The minimum absolute atomic E-state index is 0.0223. The molecule has 1 aliphatic heterocycles. The fourth-order valence-corrected chi connectivity index (χ4v) is 7.75. The molecule has 138 valence electrons. The van der Waals surface area contributed by atoms with Gasteiger partial charge in [-0.05, 0) is 56.3 Å². The van der Waals surface area contributed by atoms with Gasteiger partial charge in [0.2, 0.25) is 0 Å². The zero-order valence-corrected chi connectivity index (χ0v) is 15.7. The lowest BCUT2D eigenvalue weighted by Crippen LogP contribution is -2.58. The van der Waals surface area contributed by atoms with E-state index in [-0.39, 0.29) is 28.5 Å². The fourth-order valence-electron chi connectivity index (χ4n) is 7.75. The number of rotatable bonds is 1. The van der Waals surface area contributed by atoms with Crippen LogP contribution in [0, 0.1) is 28.6 Å². The number of hydrogen-bond acceptors (Lipinski definition) is 4. The summed E-state index contributed by atoms with van der Waals surface area (Å²) in [6.45, 7) is 6.18. The smallest absolute Gasteiger partial charge is 0.302 e. The molecule has 1 heterocycles. The largest absolute Gasteiger partial charge is 0.462 e. The number of Topliss-reactive ketones (excluding diaryl/α,β-unsaturated/α-hetero) is 1. The van der Waals surface area contributed by atoms with Crippen LogP contribution in [0.5, 0.6) is 0 Å². The van der Waals surface area contributed by atoms with Crippen LogP contribution < -0.4 is 0 Å². The van der Waals surface area contributed by atoms with Crippen molar-refractivity contribution in [2.24, 2.45) is 28.6 Å². The molecule has 0 bridgehead atoms. The lowest BCUT2D eigenvalue weighted by atomic mass is 9.45. The predicted octanol–water partition coefficient (Wildman–Crippen LogP) is 3.66. The fraction of sp³-hybridized carbons (Fsp3) is 0.905. The molecule has 1 spiro atoms. The molecule has 1 saturated heterocycles. The Bertz CT molecular complexity index is 644. The van der Waals surface area contributed by atoms with Gasteiger partial charge in [0, 0.05) is 30.6 Å². The van der Waals surface area contributed by atoms with Crippen molar-refractivity contribution in [1.82, 2.24) is 0 Å². The van der Waals surface area contributed by atoms with E-state index >= 15 is 0 Å². The Morgan fingerprint density at radius 1 is 1.16 bits per heavy atom. The van der Waals surface area contributed by atoms with Crippen LogP contribution in [0.15, 0.2) is 0 Å². The summed E-state index contributed by atoms with van der Waals surface area (Å²) in [5, 5.41) is 0. The maximum absolute atomic E-state index is 12.5. The van der Waals surface area contributed by atoms with Gasteiger partial charge in [0.1, 0.15) is 17.5 Å². The van der Waals surface area contributed by atoms with Crippen molar-refractivity contribution < 1.29 is 19.1 Å². The van der Waals surface area contributed by atoms with Gasteiger partial charge in [-0.3, -0.25) is 9.59 Å². The van der Waals surface area contributed by atoms with Crippen molar-refractivity contribution in [3.63, 3.8) is 0 Å². The first-order chi connectivity index (χ1) is 11.8. The first-order valence-corrected chi connectivity index (χ1v) is 10.2. The van der Waals surface area contributed by atoms with Crippen molar-refractivity contribution in [2.75, 3.05) is 0 Å². The first kappa shape index (κ1) is 16.3. The highest BCUT2D eigenvalue weighted by atomic mass is 16.6. The van der Waals surface area contributed by atoms with Crippen molar-refractivity contribution in [3.05, 3.63) is 0 Å². The zero-order valence-electron chi connectivity index (χ0n) is 15.7. The van der Waals surface area contributed by atoms with Crippen molar-refractivity contribution in [2.45, 2.75) is 89.9 Å². The van der Waals surface area contributed by atoms with Crippen LogP contribution in [0.4, 0.5) is 0 Å². The average Bonchev–Trinajstić information content (AvgIpc) is 3.15. The third-order valence-corrected chi connectivity index (χ3v) is 9.08.